The fraction of sp³-hybridized carbons (Fsp3) is 0.368. The molecular weight excluding hydrogens is 350 g/mol. The molecule has 0 bridgehead atoms. The first kappa shape index (κ1) is 18.3. The van der Waals surface area contributed by atoms with Gasteiger partial charge in [-0.2, -0.15) is 0 Å². The number of benzene rings is 1. The van der Waals surface area contributed by atoms with Crippen LogP contribution >= 0.6 is 11.3 Å². The lowest BCUT2D eigenvalue weighted by molar-refractivity contribution is -0.126. The number of primary amides is 1. The largest absolute Gasteiger partial charge is 0.489 e. The summed E-state index contributed by atoms with van der Waals surface area (Å²) < 4.78 is 5.73. The van der Waals surface area contributed by atoms with Crippen LogP contribution in [-0.4, -0.2) is 29.9 Å². The van der Waals surface area contributed by atoms with E-state index in [4.69, 9.17) is 10.5 Å². The first-order valence-corrected chi connectivity index (χ1v) is 9.56. The molecule has 0 aliphatic carbocycles. The molecule has 138 valence electrons. The van der Waals surface area contributed by atoms with Crippen LogP contribution in [0.5, 0.6) is 5.75 Å². The van der Waals surface area contributed by atoms with E-state index in [1.165, 1.54) is 4.90 Å². The summed E-state index contributed by atoms with van der Waals surface area (Å²) in [5.41, 5.74) is 6.40. The van der Waals surface area contributed by atoms with Crippen molar-refractivity contribution in [1.29, 1.82) is 0 Å². The van der Waals surface area contributed by atoms with Crippen molar-refractivity contribution < 1.29 is 14.3 Å². The van der Waals surface area contributed by atoms with Crippen LogP contribution in [0.3, 0.4) is 0 Å². The second-order valence-electron chi connectivity index (χ2n) is 6.36. The molecule has 1 aliphatic rings. The summed E-state index contributed by atoms with van der Waals surface area (Å²) in [6.07, 6.45) is 1.59. The van der Waals surface area contributed by atoms with Crippen LogP contribution < -0.4 is 15.8 Å². The summed E-state index contributed by atoms with van der Waals surface area (Å²) >= 11 is 1.60. The lowest BCUT2D eigenvalue weighted by Gasteiger charge is -2.30. The number of piperidine rings is 1. The fourth-order valence-electron chi connectivity index (χ4n) is 2.99. The van der Waals surface area contributed by atoms with Crippen LogP contribution in [0.2, 0.25) is 0 Å². The Morgan fingerprint density at radius 2 is 2.12 bits per heavy atom. The van der Waals surface area contributed by atoms with Crippen molar-refractivity contribution in [2.45, 2.75) is 26.0 Å². The maximum atomic E-state index is 12.3. The molecule has 26 heavy (non-hydrogen) atoms. The Morgan fingerprint density at radius 1 is 1.31 bits per heavy atom. The Balaban J connectivity index is 1.45. The van der Waals surface area contributed by atoms with Gasteiger partial charge in [0.15, 0.2) is 0 Å². The predicted molar refractivity (Wildman–Crippen MR) is 101 cm³/mol. The molecule has 1 unspecified atom stereocenters. The van der Waals surface area contributed by atoms with Gasteiger partial charge in [0.2, 0.25) is 5.91 Å². The number of nitrogens with two attached hydrogens (primary N) is 1. The molecule has 1 aromatic heterocycles. The van der Waals surface area contributed by atoms with Gasteiger partial charge in [0.1, 0.15) is 12.4 Å². The number of likely N-dealkylation sites (tertiary alicyclic amines) is 1. The van der Waals surface area contributed by atoms with E-state index < -0.39 is 6.03 Å². The smallest absolute Gasteiger partial charge is 0.314 e. The Hall–Kier alpha value is -2.54. The number of urea groups is 1. The zero-order valence-corrected chi connectivity index (χ0v) is 15.3. The number of carbonyl (C=O) groups is 2. The summed E-state index contributed by atoms with van der Waals surface area (Å²) in [5.74, 6) is 0.633. The monoisotopic (exact) mass is 373 g/mol. The first-order valence-electron chi connectivity index (χ1n) is 8.68. The van der Waals surface area contributed by atoms with Crippen molar-refractivity contribution >= 4 is 23.3 Å². The Kier molecular flexibility index (Phi) is 6.12. The van der Waals surface area contributed by atoms with Crippen LogP contribution in [0.15, 0.2) is 41.8 Å². The normalized spacial score (nSPS) is 16.9. The summed E-state index contributed by atoms with van der Waals surface area (Å²) in [5, 5.41) is 5.01. The molecule has 7 heteroatoms. The molecule has 0 radical (unpaired) electrons. The minimum absolute atomic E-state index is 0.0218. The van der Waals surface area contributed by atoms with E-state index in [2.05, 4.69) is 5.32 Å². The molecule has 2 heterocycles. The molecule has 1 fully saturated rings. The van der Waals surface area contributed by atoms with Crippen LogP contribution in [0, 0.1) is 5.92 Å². The van der Waals surface area contributed by atoms with E-state index in [9.17, 15) is 9.59 Å². The van der Waals surface area contributed by atoms with Gasteiger partial charge in [-0.15, -0.1) is 11.3 Å². The van der Waals surface area contributed by atoms with Gasteiger partial charge in [-0.3, -0.25) is 4.79 Å². The van der Waals surface area contributed by atoms with Gasteiger partial charge in [0, 0.05) is 23.5 Å². The standard InChI is InChI=1S/C19H23N3O3S/c20-19(24)22-8-4-5-15(11-22)18(23)21-10-17-9-14(13-26-17)12-25-16-6-2-1-3-7-16/h1-3,6-7,9,13,15H,4-5,8,10-12H2,(H2,20,24)(H,21,23). The molecule has 1 atom stereocenters. The minimum atomic E-state index is -0.455. The van der Waals surface area contributed by atoms with E-state index >= 15 is 0 Å². The van der Waals surface area contributed by atoms with Crippen molar-refractivity contribution in [2.75, 3.05) is 13.1 Å². The average molecular weight is 373 g/mol. The molecule has 0 spiro atoms. The van der Waals surface area contributed by atoms with Gasteiger partial charge < -0.3 is 20.7 Å². The summed E-state index contributed by atoms with van der Waals surface area (Å²) in [6, 6.07) is 11.3. The third-order valence-corrected chi connectivity index (χ3v) is 5.38. The lowest BCUT2D eigenvalue weighted by Crippen LogP contribution is -2.47. The Morgan fingerprint density at radius 3 is 2.88 bits per heavy atom. The highest BCUT2D eigenvalue weighted by molar-refractivity contribution is 7.10. The van der Waals surface area contributed by atoms with Crippen LogP contribution in [0.1, 0.15) is 23.3 Å². The molecule has 1 aromatic carbocycles. The quantitative estimate of drug-likeness (QED) is 0.816. The molecule has 1 aliphatic heterocycles. The molecule has 3 N–H and O–H groups in total. The molecule has 2 aromatic rings. The first-order chi connectivity index (χ1) is 12.6. The van der Waals surface area contributed by atoms with Crippen LogP contribution in [-0.2, 0) is 17.9 Å². The maximum Gasteiger partial charge on any atom is 0.314 e. The Bertz CT molecular complexity index is 747. The predicted octanol–water partition coefficient (Wildman–Crippen LogP) is 2.73. The topological polar surface area (TPSA) is 84.7 Å². The van der Waals surface area contributed by atoms with Gasteiger partial charge in [-0.25, -0.2) is 4.79 Å². The number of hydrogen-bond donors (Lipinski definition) is 2. The highest BCUT2D eigenvalue weighted by atomic mass is 32.1. The SMILES string of the molecule is NC(=O)N1CCCC(C(=O)NCc2cc(COc3ccccc3)cs2)C1. The molecule has 1 saturated heterocycles. The summed E-state index contributed by atoms with van der Waals surface area (Å²) in [6.45, 7) is 2.03. The van der Waals surface area contributed by atoms with Gasteiger partial charge in [-0.1, -0.05) is 18.2 Å². The fourth-order valence-corrected chi connectivity index (χ4v) is 3.80. The van der Waals surface area contributed by atoms with Gasteiger partial charge >= 0.3 is 6.03 Å². The van der Waals surface area contributed by atoms with E-state index in [1.54, 1.807) is 11.3 Å². The second kappa shape index (κ2) is 8.71. The summed E-state index contributed by atoms with van der Waals surface area (Å²) in [7, 11) is 0. The number of nitrogens with one attached hydrogen (secondary N) is 1. The molecule has 6 nitrogen and oxygen atoms in total. The average Bonchev–Trinajstić information content (AvgIpc) is 3.13. The van der Waals surface area contributed by atoms with Crippen molar-refractivity contribution in [3.63, 3.8) is 0 Å². The van der Waals surface area contributed by atoms with Gasteiger partial charge in [0.05, 0.1) is 12.5 Å². The second-order valence-corrected chi connectivity index (χ2v) is 7.36. The number of carbonyl (C=O) groups excluding carboxylic acids is 2. The molecular formula is C19H23N3O3S. The van der Waals surface area contributed by atoms with E-state index in [1.807, 2.05) is 41.8 Å². The zero-order chi connectivity index (χ0) is 18.4. The minimum Gasteiger partial charge on any atom is -0.489 e. The zero-order valence-electron chi connectivity index (χ0n) is 14.5. The van der Waals surface area contributed by atoms with Crippen molar-refractivity contribution in [3.8, 4) is 5.75 Å². The van der Waals surface area contributed by atoms with Gasteiger partial charge in [-0.05, 0) is 36.4 Å². The maximum absolute atomic E-state index is 12.3. The van der Waals surface area contributed by atoms with Crippen molar-refractivity contribution in [3.05, 3.63) is 52.2 Å². The van der Waals surface area contributed by atoms with Crippen LogP contribution in [0.25, 0.3) is 0 Å². The molecule has 3 amide bonds. The molecule has 3 rings (SSSR count). The van der Waals surface area contributed by atoms with Crippen molar-refractivity contribution in [2.24, 2.45) is 11.7 Å². The van der Waals surface area contributed by atoms with E-state index in [-0.39, 0.29) is 11.8 Å². The highest BCUT2D eigenvalue weighted by Gasteiger charge is 2.27. The number of hydrogen-bond acceptors (Lipinski definition) is 4. The Labute approximate surface area is 156 Å². The van der Waals surface area contributed by atoms with E-state index in [0.717, 1.165) is 29.0 Å². The number of thiophene rings is 1. The number of para-hydroxylation sites is 1. The molecule has 0 saturated carbocycles. The lowest BCUT2D eigenvalue weighted by atomic mass is 9.97. The number of rotatable bonds is 6. The third kappa shape index (κ3) is 4.98. The third-order valence-electron chi connectivity index (χ3n) is 4.40. The highest BCUT2D eigenvalue weighted by Crippen LogP contribution is 2.19. The number of amides is 3. The number of ether oxygens (including phenoxy) is 1. The summed E-state index contributed by atoms with van der Waals surface area (Å²) in [4.78, 5) is 26.2. The van der Waals surface area contributed by atoms with E-state index in [0.29, 0.717) is 26.2 Å². The van der Waals surface area contributed by atoms with Gasteiger partial charge in [0.25, 0.3) is 0 Å². The van der Waals surface area contributed by atoms with Crippen LogP contribution in [0.4, 0.5) is 4.79 Å². The van der Waals surface area contributed by atoms with Crippen molar-refractivity contribution in [1.82, 2.24) is 10.2 Å². The number of nitrogens with zero attached hydrogens (tertiary/aromatic N) is 1.